The Morgan fingerprint density at radius 2 is 1.76 bits per heavy atom. The third-order valence-corrected chi connectivity index (χ3v) is 7.10. The van der Waals surface area contributed by atoms with E-state index < -0.39 is 17.7 Å². The van der Waals surface area contributed by atoms with E-state index in [1.807, 2.05) is 26.0 Å². The van der Waals surface area contributed by atoms with E-state index in [0.717, 1.165) is 15.8 Å². The van der Waals surface area contributed by atoms with Gasteiger partial charge in [0, 0.05) is 10.6 Å². The number of aromatic nitrogens is 1. The molecule has 1 aliphatic rings. The zero-order valence-corrected chi connectivity index (χ0v) is 19.8. The number of ketones is 1. The highest BCUT2D eigenvalue weighted by Crippen LogP contribution is 2.45. The van der Waals surface area contributed by atoms with Crippen LogP contribution >= 0.6 is 22.9 Å². The van der Waals surface area contributed by atoms with Crippen LogP contribution in [-0.4, -0.2) is 26.9 Å². The van der Waals surface area contributed by atoms with Crippen molar-refractivity contribution in [2.75, 3.05) is 4.90 Å². The Balaban J connectivity index is 1.76. The largest absolute Gasteiger partial charge is 0.508 e. The lowest BCUT2D eigenvalue weighted by Gasteiger charge is -2.23. The number of carbonyl (C=O) groups is 2. The van der Waals surface area contributed by atoms with E-state index in [0.29, 0.717) is 26.8 Å². The van der Waals surface area contributed by atoms with Crippen molar-refractivity contribution in [3.05, 3.63) is 93.5 Å². The lowest BCUT2D eigenvalue weighted by Crippen LogP contribution is -2.29. The van der Waals surface area contributed by atoms with E-state index in [1.54, 1.807) is 36.4 Å². The number of Topliss-reactive ketones (excluding diaryl/α,β-unsaturated/α-hetero) is 1. The van der Waals surface area contributed by atoms with Gasteiger partial charge in [-0.3, -0.25) is 14.5 Å². The van der Waals surface area contributed by atoms with Crippen LogP contribution in [0.4, 0.5) is 5.13 Å². The van der Waals surface area contributed by atoms with Crippen LogP contribution in [0.5, 0.6) is 5.75 Å². The molecule has 8 heteroatoms. The average Bonchev–Trinajstić information content (AvgIpc) is 3.33. The minimum absolute atomic E-state index is 0.0262. The van der Waals surface area contributed by atoms with Crippen LogP contribution in [0.3, 0.4) is 0 Å². The Bertz CT molecular complexity index is 1510. The van der Waals surface area contributed by atoms with E-state index in [4.69, 9.17) is 11.6 Å². The van der Waals surface area contributed by atoms with Crippen molar-refractivity contribution in [3.8, 4) is 5.75 Å². The molecule has 3 aromatic carbocycles. The molecule has 5 rings (SSSR count). The fraction of sp³-hybridized carbons (Fsp3) is 0.115. The third-order valence-electron chi connectivity index (χ3n) is 5.85. The molecule has 1 unspecified atom stereocenters. The zero-order chi connectivity index (χ0) is 24.1. The number of aryl methyl sites for hydroxylation is 2. The molecule has 1 aromatic heterocycles. The van der Waals surface area contributed by atoms with Crippen LogP contribution in [0, 0.1) is 13.8 Å². The van der Waals surface area contributed by atoms with Crippen molar-refractivity contribution in [1.82, 2.24) is 4.98 Å². The number of nitrogens with zero attached hydrogens (tertiary/aromatic N) is 2. The fourth-order valence-corrected chi connectivity index (χ4v) is 5.40. The molecule has 170 valence electrons. The van der Waals surface area contributed by atoms with E-state index in [-0.39, 0.29) is 17.1 Å². The Hall–Kier alpha value is -3.68. The summed E-state index contributed by atoms with van der Waals surface area (Å²) in [7, 11) is 0. The Morgan fingerprint density at radius 1 is 1.03 bits per heavy atom. The number of aliphatic hydroxyl groups excluding tert-OH is 1. The van der Waals surface area contributed by atoms with Crippen molar-refractivity contribution >= 4 is 55.7 Å². The van der Waals surface area contributed by atoms with E-state index in [2.05, 4.69) is 4.98 Å². The van der Waals surface area contributed by atoms with Crippen LogP contribution < -0.4 is 4.90 Å². The first-order valence-corrected chi connectivity index (χ1v) is 11.7. The van der Waals surface area contributed by atoms with Gasteiger partial charge in [-0.25, -0.2) is 4.98 Å². The van der Waals surface area contributed by atoms with Crippen LogP contribution in [0.15, 0.2) is 66.2 Å². The maximum absolute atomic E-state index is 13.3. The summed E-state index contributed by atoms with van der Waals surface area (Å²) in [5, 5.41) is 22.0. The minimum atomic E-state index is -0.920. The molecular weight excluding hydrogens is 472 g/mol. The summed E-state index contributed by atoms with van der Waals surface area (Å²) in [5.41, 5.74) is 3.34. The first kappa shape index (κ1) is 22.1. The number of halogens is 1. The maximum Gasteiger partial charge on any atom is 0.301 e. The molecule has 0 bridgehead atoms. The van der Waals surface area contributed by atoms with Gasteiger partial charge >= 0.3 is 5.91 Å². The molecule has 2 N–H and O–H groups in total. The average molecular weight is 491 g/mol. The lowest BCUT2D eigenvalue weighted by atomic mass is 9.93. The second-order valence-electron chi connectivity index (χ2n) is 8.19. The molecule has 0 radical (unpaired) electrons. The van der Waals surface area contributed by atoms with Gasteiger partial charge in [0.1, 0.15) is 11.5 Å². The summed E-state index contributed by atoms with van der Waals surface area (Å²) in [4.78, 5) is 32.5. The highest BCUT2D eigenvalue weighted by Gasteiger charge is 2.48. The highest BCUT2D eigenvalue weighted by molar-refractivity contribution is 7.22. The van der Waals surface area contributed by atoms with Crippen LogP contribution in [0.25, 0.3) is 16.0 Å². The summed E-state index contributed by atoms with van der Waals surface area (Å²) >= 11 is 7.35. The van der Waals surface area contributed by atoms with Gasteiger partial charge in [-0.15, -0.1) is 0 Å². The molecule has 6 nitrogen and oxygen atoms in total. The van der Waals surface area contributed by atoms with Crippen molar-refractivity contribution in [3.63, 3.8) is 0 Å². The van der Waals surface area contributed by atoms with Crippen molar-refractivity contribution in [1.29, 1.82) is 0 Å². The summed E-state index contributed by atoms with van der Waals surface area (Å²) in [6.07, 6.45) is 0. The molecular formula is C26H19ClN2O4S. The van der Waals surface area contributed by atoms with E-state index in [1.165, 1.54) is 28.4 Å². The smallest absolute Gasteiger partial charge is 0.301 e. The first-order valence-electron chi connectivity index (χ1n) is 10.5. The molecule has 0 saturated carbocycles. The van der Waals surface area contributed by atoms with Gasteiger partial charge in [-0.1, -0.05) is 52.8 Å². The number of carbonyl (C=O) groups excluding carboxylic acids is 2. The quantitative estimate of drug-likeness (QED) is 0.212. The van der Waals surface area contributed by atoms with Crippen molar-refractivity contribution in [2.24, 2.45) is 0 Å². The number of hydrogen-bond donors (Lipinski definition) is 2. The summed E-state index contributed by atoms with van der Waals surface area (Å²) < 4.78 is 0.767. The van der Waals surface area contributed by atoms with Crippen molar-refractivity contribution < 1.29 is 19.8 Å². The van der Waals surface area contributed by atoms with Gasteiger partial charge in [0.2, 0.25) is 0 Å². The number of aromatic hydroxyl groups is 1. The second kappa shape index (κ2) is 8.27. The van der Waals surface area contributed by atoms with Gasteiger partial charge in [0.25, 0.3) is 5.78 Å². The molecule has 0 aliphatic carbocycles. The summed E-state index contributed by atoms with van der Waals surface area (Å²) in [6, 6.07) is 16.0. The Morgan fingerprint density at radius 3 is 2.50 bits per heavy atom. The normalized spacial score (nSPS) is 17.6. The molecule has 34 heavy (non-hydrogen) atoms. The van der Waals surface area contributed by atoms with E-state index >= 15 is 0 Å². The number of benzene rings is 3. The molecule has 1 fully saturated rings. The molecule has 0 spiro atoms. The fourth-order valence-electron chi connectivity index (χ4n) is 4.13. The Labute approximate surface area is 204 Å². The standard InChI is InChI=1S/C26H19ClN2O4S/c1-13-3-4-14(2)18(11-13)23(31)21-22(15-5-8-17(30)9-6-15)29(25(33)24(21)32)26-28-19-10-7-16(27)12-20(19)34-26/h3-12,22,30-31H,1-2H3. The second-order valence-corrected chi connectivity index (χ2v) is 9.63. The Kier molecular flexibility index (Phi) is 5.38. The molecule has 2 heterocycles. The number of rotatable bonds is 3. The summed E-state index contributed by atoms with van der Waals surface area (Å²) in [5.74, 6) is -1.78. The maximum atomic E-state index is 13.3. The zero-order valence-electron chi connectivity index (χ0n) is 18.2. The first-order chi connectivity index (χ1) is 16.2. The number of phenols is 1. The number of phenolic OH excluding ortho intramolecular Hbond substituents is 1. The molecule has 1 aliphatic heterocycles. The molecule has 4 aromatic rings. The van der Waals surface area contributed by atoms with Gasteiger partial charge in [-0.05, 0) is 61.4 Å². The predicted octanol–water partition coefficient (Wildman–Crippen LogP) is 5.90. The highest BCUT2D eigenvalue weighted by atomic mass is 35.5. The lowest BCUT2D eigenvalue weighted by molar-refractivity contribution is -0.132. The number of anilines is 1. The third kappa shape index (κ3) is 3.63. The number of hydrogen-bond acceptors (Lipinski definition) is 6. The van der Waals surface area contributed by atoms with Gasteiger partial charge in [-0.2, -0.15) is 0 Å². The van der Waals surface area contributed by atoms with Gasteiger partial charge in [0.05, 0.1) is 21.8 Å². The molecule has 1 atom stereocenters. The number of amides is 1. The number of aliphatic hydroxyl groups is 1. The van der Waals surface area contributed by atoms with E-state index in [9.17, 15) is 19.8 Å². The number of thiazole rings is 1. The molecule has 1 amide bonds. The number of fused-ring (bicyclic) bond motifs is 1. The van der Waals surface area contributed by atoms with Crippen LogP contribution in [0.1, 0.15) is 28.3 Å². The van der Waals surface area contributed by atoms with Gasteiger partial charge in [0.15, 0.2) is 5.13 Å². The minimum Gasteiger partial charge on any atom is -0.508 e. The van der Waals surface area contributed by atoms with Crippen molar-refractivity contribution in [2.45, 2.75) is 19.9 Å². The predicted molar refractivity (Wildman–Crippen MR) is 133 cm³/mol. The van der Waals surface area contributed by atoms with Crippen LogP contribution in [-0.2, 0) is 9.59 Å². The van der Waals surface area contributed by atoms with Gasteiger partial charge < -0.3 is 10.2 Å². The monoisotopic (exact) mass is 490 g/mol. The SMILES string of the molecule is Cc1ccc(C)c(C(O)=C2C(=O)C(=O)N(c3nc4ccc(Cl)cc4s3)C2c2ccc(O)cc2)c1. The van der Waals surface area contributed by atoms with Crippen LogP contribution in [0.2, 0.25) is 5.02 Å². The topological polar surface area (TPSA) is 90.7 Å². The molecule has 1 saturated heterocycles. The summed E-state index contributed by atoms with van der Waals surface area (Å²) in [6.45, 7) is 3.72.